The molecule has 0 bridgehead atoms. The topological polar surface area (TPSA) is 18.5 Å². The summed E-state index contributed by atoms with van der Waals surface area (Å²) >= 11 is 0. The number of hydrogen-bond acceptors (Lipinski definition) is 3. The van der Waals surface area contributed by atoms with Crippen LogP contribution in [0.4, 0.5) is 5.69 Å². The average Bonchev–Trinajstić information content (AvgIpc) is 3.00. The van der Waals surface area contributed by atoms with Crippen LogP contribution in [0.2, 0.25) is 0 Å². The molecule has 0 amide bonds. The predicted octanol–water partition coefficient (Wildman–Crippen LogP) is 3.24. The Morgan fingerprint density at radius 1 is 1.17 bits per heavy atom. The van der Waals surface area contributed by atoms with Gasteiger partial charge in [-0.1, -0.05) is 18.2 Å². The van der Waals surface area contributed by atoms with E-state index in [1.54, 1.807) is 0 Å². The van der Waals surface area contributed by atoms with E-state index in [0.717, 1.165) is 24.9 Å². The molecule has 3 aliphatic rings. The molecule has 1 unspecified atom stereocenters. The second-order valence-corrected chi connectivity index (χ2v) is 7.68. The Labute approximate surface area is 146 Å². The van der Waals surface area contributed by atoms with E-state index in [0.29, 0.717) is 0 Å². The van der Waals surface area contributed by atoms with Gasteiger partial charge in [0.1, 0.15) is 0 Å². The number of halogens is 1. The lowest BCUT2D eigenvalue weighted by Gasteiger charge is -2.22. The van der Waals surface area contributed by atoms with Gasteiger partial charge in [-0.05, 0) is 62.2 Å². The van der Waals surface area contributed by atoms with Crippen molar-refractivity contribution in [1.29, 1.82) is 0 Å². The van der Waals surface area contributed by atoms with Crippen LogP contribution in [0.3, 0.4) is 0 Å². The van der Waals surface area contributed by atoms with Gasteiger partial charge in [-0.3, -0.25) is 4.90 Å². The molecule has 0 radical (unpaired) electrons. The Kier molecular flexibility index (Phi) is 5.50. The third-order valence-electron chi connectivity index (χ3n) is 5.53. The summed E-state index contributed by atoms with van der Waals surface area (Å²) in [7, 11) is 2.31. The average molecular weight is 336 g/mol. The maximum Gasteiger partial charge on any atom is 0.0419 e. The summed E-state index contributed by atoms with van der Waals surface area (Å²) in [6.45, 7) is 7.40. The standard InChI is InChI=1S/C19H29N3.ClH/c1-21(11-15-5-6-15)12-16-8-10-22(13-16)14-18-4-2-3-17-7-9-20-19(17)18;/h2-4,15-16,20H,5-14H2,1H3;1H. The lowest BCUT2D eigenvalue weighted by atomic mass is 10.1. The van der Waals surface area contributed by atoms with Gasteiger partial charge < -0.3 is 10.2 Å². The number of para-hydroxylation sites is 1. The molecule has 4 heteroatoms. The number of anilines is 1. The Balaban J connectivity index is 0.00000156. The van der Waals surface area contributed by atoms with Gasteiger partial charge in [0.2, 0.25) is 0 Å². The van der Waals surface area contributed by atoms with Crippen LogP contribution < -0.4 is 5.32 Å². The first-order valence-electron chi connectivity index (χ1n) is 9.03. The van der Waals surface area contributed by atoms with E-state index in [1.165, 1.54) is 68.7 Å². The van der Waals surface area contributed by atoms with Crippen molar-refractivity contribution in [3.8, 4) is 0 Å². The lowest BCUT2D eigenvalue weighted by Crippen LogP contribution is -2.29. The molecule has 1 aliphatic carbocycles. The third kappa shape index (κ3) is 4.20. The zero-order valence-corrected chi connectivity index (χ0v) is 15.1. The molecule has 1 aromatic carbocycles. The van der Waals surface area contributed by atoms with Gasteiger partial charge in [-0.2, -0.15) is 0 Å². The van der Waals surface area contributed by atoms with Crippen molar-refractivity contribution in [2.24, 2.45) is 11.8 Å². The molecular formula is C19H30ClN3. The zero-order chi connectivity index (χ0) is 14.9. The fraction of sp³-hybridized carbons (Fsp3) is 0.684. The molecule has 0 aromatic heterocycles. The number of nitrogens with zero attached hydrogens (tertiary/aromatic N) is 2. The summed E-state index contributed by atoms with van der Waals surface area (Å²) in [5.74, 6) is 1.88. The fourth-order valence-corrected chi connectivity index (χ4v) is 4.25. The Morgan fingerprint density at radius 2 is 2.00 bits per heavy atom. The van der Waals surface area contributed by atoms with Crippen molar-refractivity contribution in [2.45, 2.75) is 32.2 Å². The van der Waals surface area contributed by atoms with Crippen molar-refractivity contribution >= 4 is 18.1 Å². The van der Waals surface area contributed by atoms with Crippen molar-refractivity contribution in [1.82, 2.24) is 9.80 Å². The van der Waals surface area contributed by atoms with Crippen LogP contribution in [0.1, 0.15) is 30.4 Å². The monoisotopic (exact) mass is 335 g/mol. The fourth-order valence-electron chi connectivity index (χ4n) is 4.25. The summed E-state index contributed by atoms with van der Waals surface area (Å²) in [5.41, 5.74) is 4.44. The van der Waals surface area contributed by atoms with Crippen molar-refractivity contribution in [3.05, 3.63) is 29.3 Å². The predicted molar refractivity (Wildman–Crippen MR) is 99.5 cm³/mol. The second-order valence-electron chi connectivity index (χ2n) is 7.68. The van der Waals surface area contributed by atoms with Crippen LogP contribution in [0, 0.1) is 11.8 Å². The van der Waals surface area contributed by atoms with Gasteiger partial charge >= 0.3 is 0 Å². The van der Waals surface area contributed by atoms with Gasteiger partial charge in [0.25, 0.3) is 0 Å². The number of rotatable bonds is 6. The first-order chi connectivity index (χ1) is 10.8. The number of hydrogen-bond donors (Lipinski definition) is 1. The summed E-state index contributed by atoms with van der Waals surface area (Å²) < 4.78 is 0. The van der Waals surface area contributed by atoms with Gasteiger partial charge in [-0.15, -0.1) is 12.4 Å². The molecule has 23 heavy (non-hydrogen) atoms. The van der Waals surface area contributed by atoms with Crippen LogP contribution in [0.25, 0.3) is 0 Å². The molecule has 1 aromatic rings. The summed E-state index contributed by atoms with van der Waals surface area (Å²) in [6.07, 6.45) is 5.50. The molecule has 1 N–H and O–H groups in total. The molecule has 1 saturated carbocycles. The molecule has 2 aliphatic heterocycles. The lowest BCUT2D eigenvalue weighted by molar-refractivity contribution is 0.253. The SMILES string of the molecule is CN(CC1CC1)CC1CCN(Cc2cccc3c2NCC3)C1.Cl. The summed E-state index contributed by atoms with van der Waals surface area (Å²) in [5, 5.41) is 3.58. The maximum absolute atomic E-state index is 3.58. The molecule has 1 atom stereocenters. The van der Waals surface area contributed by atoms with Gasteiger partial charge in [0.05, 0.1) is 0 Å². The van der Waals surface area contributed by atoms with Gasteiger partial charge in [0, 0.05) is 38.4 Å². The minimum Gasteiger partial charge on any atom is -0.384 e. The smallest absolute Gasteiger partial charge is 0.0419 e. The highest BCUT2D eigenvalue weighted by Gasteiger charge is 2.27. The van der Waals surface area contributed by atoms with Crippen molar-refractivity contribution < 1.29 is 0 Å². The molecule has 2 fully saturated rings. The Morgan fingerprint density at radius 3 is 2.83 bits per heavy atom. The van der Waals surface area contributed by atoms with Crippen molar-refractivity contribution in [3.63, 3.8) is 0 Å². The van der Waals surface area contributed by atoms with E-state index in [1.807, 2.05) is 0 Å². The quantitative estimate of drug-likeness (QED) is 0.861. The minimum atomic E-state index is 0. The number of nitrogens with one attached hydrogen (secondary N) is 1. The largest absolute Gasteiger partial charge is 0.384 e. The van der Waals surface area contributed by atoms with Crippen LogP contribution in [-0.2, 0) is 13.0 Å². The third-order valence-corrected chi connectivity index (χ3v) is 5.53. The van der Waals surface area contributed by atoms with E-state index in [4.69, 9.17) is 0 Å². The van der Waals surface area contributed by atoms with E-state index >= 15 is 0 Å². The molecule has 1 saturated heterocycles. The van der Waals surface area contributed by atoms with Crippen LogP contribution >= 0.6 is 12.4 Å². The zero-order valence-electron chi connectivity index (χ0n) is 14.3. The van der Waals surface area contributed by atoms with Crippen LogP contribution in [-0.4, -0.2) is 49.6 Å². The molecule has 0 spiro atoms. The van der Waals surface area contributed by atoms with E-state index in [2.05, 4.69) is 40.4 Å². The first-order valence-corrected chi connectivity index (χ1v) is 9.03. The summed E-state index contributed by atoms with van der Waals surface area (Å²) in [4.78, 5) is 5.23. The minimum absolute atomic E-state index is 0. The Bertz CT molecular complexity index is 529. The second kappa shape index (κ2) is 7.42. The molecule has 4 rings (SSSR count). The number of fused-ring (bicyclic) bond motifs is 1. The number of benzene rings is 1. The highest BCUT2D eigenvalue weighted by Crippen LogP contribution is 2.31. The van der Waals surface area contributed by atoms with E-state index in [-0.39, 0.29) is 12.4 Å². The highest BCUT2D eigenvalue weighted by molar-refractivity contribution is 5.85. The normalized spacial score (nSPS) is 23.7. The molecule has 2 heterocycles. The maximum atomic E-state index is 3.58. The summed E-state index contributed by atoms with van der Waals surface area (Å²) in [6, 6.07) is 6.82. The number of likely N-dealkylation sites (tertiary alicyclic amines) is 1. The molecule has 128 valence electrons. The van der Waals surface area contributed by atoms with Crippen molar-refractivity contribution in [2.75, 3.05) is 45.1 Å². The van der Waals surface area contributed by atoms with Crippen LogP contribution in [0.5, 0.6) is 0 Å². The molecule has 3 nitrogen and oxygen atoms in total. The Hall–Kier alpha value is -0.770. The van der Waals surface area contributed by atoms with E-state index < -0.39 is 0 Å². The van der Waals surface area contributed by atoms with E-state index in [9.17, 15) is 0 Å². The first kappa shape index (κ1) is 17.1. The van der Waals surface area contributed by atoms with Gasteiger partial charge in [-0.25, -0.2) is 0 Å². The molecular weight excluding hydrogens is 306 g/mol. The highest BCUT2D eigenvalue weighted by atomic mass is 35.5. The van der Waals surface area contributed by atoms with Crippen LogP contribution in [0.15, 0.2) is 18.2 Å². The van der Waals surface area contributed by atoms with Gasteiger partial charge in [0.15, 0.2) is 0 Å².